The van der Waals surface area contributed by atoms with Crippen LogP contribution in [0.3, 0.4) is 0 Å². The van der Waals surface area contributed by atoms with Gasteiger partial charge in [-0.15, -0.1) is 0 Å². The second kappa shape index (κ2) is 8.40. The molecular weight excluding hydrogens is 178 g/mol. The average Bonchev–Trinajstić information content (AvgIpc) is 0.722. The Hall–Kier alpha value is 1.40. The minimum Gasteiger partial charge on any atom is -0.790 e. The second-order valence-electron chi connectivity index (χ2n) is 0.469. The van der Waals surface area contributed by atoms with Gasteiger partial charge < -0.3 is 19.2 Å². The van der Waals surface area contributed by atoms with E-state index >= 15 is 0 Å². The minimum absolute atomic E-state index is 0. The Labute approximate surface area is 75.3 Å². The van der Waals surface area contributed by atoms with E-state index in [9.17, 15) is 0 Å². The van der Waals surface area contributed by atoms with Crippen LogP contribution in [0.1, 0.15) is 1.43 Å². The Morgan fingerprint density at radius 3 is 1.50 bits per heavy atom. The molecular formula is H2BLiO4PZn. The summed E-state index contributed by atoms with van der Waals surface area (Å²) in [6.07, 6.45) is 0. The maximum Gasteiger partial charge on any atom is 1.00 e. The average molecular weight is 180 g/mol. The summed E-state index contributed by atoms with van der Waals surface area (Å²) >= 11 is 0. The Morgan fingerprint density at radius 2 is 1.50 bits per heavy atom. The summed E-state index contributed by atoms with van der Waals surface area (Å²) in [5.41, 5.74) is 0. The van der Waals surface area contributed by atoms with E-state index in [4.69, 9.17) is 19.2 Å². The Bertz CT molecular complexity index is 66.7. The van der Waals surface area contributed by atoms with Crippen molar-refractivity contribution >= 4 is 16.2 Å². The van der Waals surface area contributed by atoms with Crippen LogP contribution >= 0.6 is 7.82 Å². The van der Waals surface area contributed by atoms with E-state index in [0.29, 0.717) is 0 Å². The molecule has 0 amide bonds. The fourth-order valence-electron chi connectivity index (χ4n) is 0. The smallest absolute Gasteiger partial charge is 0.790 e. The van der Waals surface area contributed by atoms with Crippen LogP contribution in [-0.4, -0.2) is 13.3 Å². The molecule has 3 radical (unpaired) electrons. The first-order chi connectivity index (χ1) is 2.00. The Morgan fingerprint density at radius 1 is 1.50 bits per heavy atom. The predicted octanol–water partition coefficient (Wildman–Crippen LogP) is -5.46. The van der Waals surface area contributed by atoms with E-state index in [-0.39, 0.29) is 48.2 Å². The molecule has 0 unspecified atom stereocenters. The maximum absolute atomic E-state index is 8.66. The third-order valence-corrected chi connectivity index (χ3v) is 0. The van der Waals surface area contributed by atoms with Gasteiger partial charge in [0, 0.05) is 27.9 Å². The fraction of sp³-hybridized carbons (Fsp3) is 0. The van der Waals surface area contributed by atoms with Gasteiger partial charge in [-0.1, -0.05) is 0 Å². The van der Waals surface area contributed by atoms with Gasteiger partial charge in [0.1, 0.15) is 0 Å². The Kier molecular flexibility index (Phi) is 23.9. The van der Waals surface area contributed by atoms with Crippen molar-refractivity contribution in [1.82, 2.24) is 0 Å². The molecule has 8 heavy (non-hydrogen) atoms. The molecule has 0 fully saturated rings. The molecule has 0 heterocycles. The quantitative estimate of drug-likeness (QED) is 0.298. The molecule has 0 bridgehead atoms. The first-order valence-corrected chi connectivity index (χ1v) is 2.24. The van der Waals surface area contributed by atoms with Gasteiger partial charge in [-0.3, -0.25) is 0 Å². The van der Waals surface area contributed by atoms with Gasteiger partial charge in [0.2, 0.25) is 0 Å². The molecule has 4 nitrogen and oxygen atoms in total. The number of rotatable bonds is 0. The van der Waals surface area contributed by atoms with E-state index in [0.717, 1.165) is 0 Å². The van der Waals surface area contributed by atoms with Crippen molar-refractivity contribution in [3.05, 3.63) is 0 Å². The van der Waals surface area contributed by atoms with Crippen LogP contribution in [-0.2, 0) is 24.0 Å². The van der Waals surface area contributed by atoms with Crippen LogP contribution < -0.4 is 28.6 Å². The molecule has 0 aliphatic heterocycles. The van der Waals surface area contributed by atoms with Crippen molar-refractivity contribution in [1.29, 1.82) is 0 Å². The van der Waals surface area contributed by atoms with Crippen LogP contribution in [0.4, 0.5) is 0 Å². The monoisotopic (exact) mass is 179 g/mol. The summed E-state index contributed by atoms with van der Waals surface area (Å²) in [6, 6.07) is 0. The zero-order valence-electron chi connectivity index (χ0n) is 5.40. The number of phosphoric acid groups is 1. The summed E-state index contributed by atoms with van der Waals surface area (Å²) < 4.78 is 8.66. The van der Waals surface area contributed by atoms with Crippen LogP contribution in [0.25, 0.3) is 0 Å². The fourth-order valence-corrected chi connectivity index (χ4v) is 0. The van der Waals surface area contributed by atoms with Gasteiger partial charge in [-0.2, -0.15) is 0 Å². The van der Waals surface area contributed by atoms with E-state index in [2.05, 4.69) is 0 Å². The maximum atomic E-state index is 8.66. The van der Waals surface area contributed by atoms with Crippen LogP contribution in [0.15, 0.2) is 0 Å². The van der Waals surface area contributed by atoms with E-state index < -0.39 is 7.82 Å². The predicted molar refractivity (Wildman–Crippen MR) is 16.7 cm³/mol. The summed E-state index contributed by atoms with van der Waals surface area (Å²) in [6.45, 7) is 0. The number of hydrogen-bond donors (Lipinski definition) is 1. The van der Waals surface area contributed by atoms with E-state index in [1.54, 1.807) is 0 Å². The van der Waals surface area contributed by atoms with Crippen LogP contribution in [0.2, 0.25) is 0 Å². The first kappa shape index (κ1) is 22.7. The Balaban J connectivity index is -0.0000000133. The van der Waals surface area contributed by atoms with Crippen molar-refractivity contribution in [2.75, 3.05) is 0 Å². The molecule has 0 saturated heterocycles. The zero-order chi connectivity index (χ0) is 4.50. The molecule has 0 rings (SSSR count). The van der Waals surface area contributed by atoms with Crippen LogP contribution in [0.5, 0.6) is 0 Å². The summed E-state index contributed by atoms with van der Waals surface area (Å²) in [5.74, 6) is 0. The molecule has 0 atom stereocenters. The van der Waals surface area contributed by atoms with Gasteiger partial charge in [-0.05, 0) is 0 Å². The molecule has 8 heteroatoms. The summed E-state index contributed by atoms with van der Waals surface area (Å²) in [4.78, 5) is 24.3. The van der Waals surface area contributed by atoms with Gasteiger partial charge in [0.05, 0.1) is 7.82 Å². The van der Waals surface area contributed by atoms with Gasteiger partial charge in [-0.25, -0.2) is 0 Å². The van der Waals surface area contributed by atoms with Crippen molar-refractivity contribution in [2.24, 2.45) is 0 Å². The molecule has 37 valence electrons. The normalized spacial score (nSPS) is 7.38. The second-order valence-corrected chi connectivity index (χ2v) is 1.41. The topological polar surface area (TPSA) is 83.4 Å². The van der Waals surface area contributed by atoms with Gasteiger partial charge >= 0.3 is 20.3 Å². The first-order valence-electron chi connectivity index (χ1n) is 0.748. The molecule has 0 saturated carbocycles. The van der Waals surface area contributed by atoms with E-state index in [1.807, 2.05) is 0 Å². The van der Waals surface area contributed by atoms with Crippen molar-refractivity contribution in [3.63, 3.8) is 0 Å². The molecule has 0 aromatic heterocycles. The molecule has 1 N–H and O–H groups in total. The molecule has 0 spiro atoms. The van der Waals surface area contributed by atoms with Crippen LogP contribution in [0, 0.1) is 0 Å². The largest absolute Gasteiger partial charge is 1.00 e. The number of hydrogen-bond acceptors (Lipinski definition) is 3. The standard InChI is InChI=1S/B.Li.H3O4P.Zn/c;;1-5(2,3)4;/h;;(H3,1,2,3,4);/q;+1;;/p-1. The molecule has 0 aliphatic carbocycles. The minimum atomic E-state index is -5.14. The van der Waals surface area contributed by atoms with Crippen molar-refractivity contribution in [3.8, 4) is 0 Å². The van der Waals surface area contributed by atoms with Gasteiger partial charge in [0.25, 0.3) is 0 Å². The van der Waals surface area contributed by atoms with E-state index in [1.165, 1.54) is 0 Å². The molecule has 0 aliphatic rings. The molecule has 0 aromatic rings. The van der Waals surface area contributed by atoms with Gasteiger partial charge in [0.15, 0.2) is 0 Å². The third-order valence-electron chi connectivity index (χ3n) is 0. The zero-order valence-corrected chi connectivity index (χ0v) is 8.27. The summed E-state index contributed by atoms with van der Waals surface area (Å²) in [5, 5.41) is 0. The van der Waals surface area contributed by atoms with Crippen molar-refractivity contribution in [2.45, 2.75) is 0 Å². The van der Waals surface area contributed by atoms with Crippen molar-refractivity contribution < 1.29 is 59.0 Å². The third kappa shape index (κ3) is 155. The SMILES string of the molecule is O=P([O-])([O-])O.[B].[H+].[Li+].[Zn]. The molecule has 0 aromatic carbocycles. The summed E-state index contributed by atoms with van der Waals surface area (Å²) in [7, 11) is -5.14.